The predicted molar refractivity (Wildman–Crippen MR) is 110 cm³/mol. The first-order valence-corrected chi connectivity index (χ1v) is 8.08. The molecule has 2 N–H and O–H groups in total. The molecule has 0 fully saturated rings. The molecule has 0 amide bonds. The highest BCUT2D eigenvalue weighted by Crippen LogP contribution is 2.17. The second-order valence-corrected chi connectivity index (χ2v) is 6.12. The van der Waals surface area contributed by atoms with Crippen LogP contribution in [0.15, 0.2) is 34.6 Å². The molecular formula is C16H24IN5S. The van der Waals surface area contributed by atoms with Gasteiger partial charge in [-0.15, -0.1) is 35.3 Å². The fourth-order valence-electron chi connectivity index (χ4n) is 1.99. The first-order chi connectivity index (χ1) is 10.6. The molecule has 0 spiro atoms. The lowest BCUT2D eigenvalue weighted by Gasteiger charge is -2.11. The summed E-state index contributed by atoms with van der Waals surface area (Å²) >= 11 is 1.64. The summed E-state index contributed by atoms with van der Waals surface area (Å²) in [5, 5.41) is 9.68. The van der Waals surface area contributed by atoms with Gasteiger partial charge in [0, 0.05) is 33.1 Å². The zero-order valence-electron chi connectivity index (χ0n) is 14.0. The molecule has 0 aliphatic carbocycles. The number of benzene rings is 1. The number of thiazole rings is 1. The van der Waals surface area contributed by atoms with Crippen LogP contribution in [0.2, 0.25) is 0 Å². The Morgan fingerprint density at radius 2 is 2.00 bits per heavy atom. The van der Waals surface area contributed by atoms with Crippen LogP contribution in [0.4, 0.5) is 5.13 Å². The Hall–Kier alpha value is -1.35. The van der Waals surface area contributed by atoms with E-state index in [0.29, 0.717) is 6.54 Å². The number of aliphatic imine (C=N–C) groups is 1. The fraction of sp³-hybridized carbons (Fsp3) is 0.375. The zero-order valence-corrected chi connectivity index (χ0v) is 17.1. The van der Waals surface area contributed by atoms with E-state index in [-0.39, 0.29) is 24.0 Å². The molecule has 23 heavy (non-hydrogen) atoms. The number of nitrogens with zero attached hydrogens (tertiary/aromatic N) is 3. The van der Waals surface area contributed by atoms with Crippen LogP contribution in [-0.4, -0.2) is 32.1 Å². The lowest BCUT2D eigenvalue weighted by atomic mass is 10.1. The molecular weight excluding hydrogens is 421 g/mol. The molecule has 0 saturated carbocycles. The van der Waals surface area contributed by atoms with Crippen LogP contribution in [0, 0.1) is 6.92 Å². The van der Waals surface area contributed by atoms with Crippen molar-refractivity contribution in [3.8, 4) is 0 Å². The second kappa shape index (κ2) is 9.71. The Morgan fingerprint density at radius 1 is 1.26 bits per heavy atom. The quantitative estimate of drug-likeness (QED) is 0.422. The molecule has 0 unspecified atom stereocenters. The number of nitrogens with one attached hydrogen (secondary N) is 2. The van der Waals surface area contributed by atoms with E-state index in [2.05, 4.69) is 57.2 Å². The molecule has 5 nitrogen and oxygen atoms in total. The summed E-state index contributed by atoms with van der Waals surface area (Å²) in [5.74, 6) is 0.779. The van der Waals surface area contributed by atoms with Crippen molar-refractivity contribution < 1.29 is 0 Å². The molecule has 0 aliphatic heterocycles. The van der Waals surface area contributed by atoms with E-state index in [1.54, 1.807) is 18.4 Å². The maximum Gasteiger partial charge on any atom is 0.191 e. The van der Waals surface area contributed by atoms with Crippen molar-refractivity contribution in [1.29, 1.82) is 0 Å². The number of anilines is 1. The third-order valence-electron chi connectivity index (χ3n) is 3.13. The third kappa shape index (κ3) is 6.34. The molecule has 0 atom stereocenters. The minimum Gasteiger partial charge on any atom is -0.354 e. The van der Waals surface area contributed by atoms with Crippen molar-refractivity contribution >= 4 is 46.4 Å². The van der Waals surface area contributed by atoms with Crippen LogP contribution in [0.5, 0.6) is 0 Å². The standard InChI is InChI=1S/C16H23N5S.HI/c1-12-6-5-7-13(8-12)9-18-15(17-2)19-10-14-11-22-16(20-14)21(3)4;/h5-8,11H,9-10H2,1-4H3,(H2,17,18,19);1H. The normalized spacial score (nSPS) is 10.9. The predicted octanol–water partition coefficient (Wildman–Crippen LogP) is 3.00. The van der Waals surface area contributed by atoms with Gasteiger partial charge in [-0.25, -0.2) is 4.98 Å². The number of hydrogen-bond donors (Lipinski definition) is 2. The summed E-state index contributed by atoms with van der Waals surface area (Å²) in [4.78, 5) is 10.8. The molecule has 0 aliphatic rings. The highest BCUT2D eigenvalue weighted by atomic mass is 127. The number of hydrogen-bond acceptors (Lipinski definition) is 4. The molecule has 2 aromatic rings. The molecule has 0 saturated heterocycles. The number of guanidine groups is 1. The van der Waals surface area contributed by atoms with Gasteiger partial charge < -0.3 is 15.5 Å². The fourth-order valence-corrected chi connectivity index (χ4v) is 2.74. The van der Waals surface area contributed by atoms with Crippen molar-refractivity contribution in [2.24, 2.45) is 4.99 Å². The number of aromatic nitrogens is 1. The summed E-state index contributed by atoms with van der Waals surface area (Å²) < 4.78 is 0. The second-order valence-electron chi connectivity index (χ2n) is 5.28. The van der Waals surface area contributed by atoms with E-state index < -0.39 is 0 Å². The minimum absolute atomic E-state index is 0. The monoisotopic (exact) mass is 445 g/mol. The van der Waals surface area contributed by atoms with Crippen LogP contribution in [-0.2, 0) is 13.1 Å². The Balaban J connectivity index is 0.00000264. The molecule has 1 aromatic heterocycles. The largest absolute Gasteiger partial charge is 0.354 e. The summed E-state index contributed by atoms with van der Waals surface area (Å²) in [7, 11) is 5.77. The molecule has 2 rings (SSSR count). The van der Waals surface area contributed by atoms with Crippen LogP contribution < -0.4 is 15.5 Å². The van der Waals surface area contributed by atoms with Crippen LogP contribution in [0.1, 0.15) is 16.8 Å². The molecule has 0 radical (unpaired) electrons. The summed E-state index contributed by atoms with van der Waals surface area (Å²) in [6.45, 7) is 3.51. The highest BCUT2D eigenvalue weighted by Gasteiger charge is 2.04. The molecule has 1 aromatic carbocycles. The first-order valence-electron chi connectivity index (χ1n) is 7.20. The van der Waals surface area contributed by atoms with Crippen LogP contribution in [0.25, 0.3) is 0 Å². The SMILES string of the molecule is CN=C(NCc1cccc(C)c1)NCc1csc(N(C)C)n1.I. The van der Waals surface area contributed by atoms with Gasteiger partial charge >= 0.3 is 0 Å². The summed E-state index contributed by atoms with van der Waals surface area (Å²) in [6, 6.07) is 8.45. The van der Waals surface area contributed by atoms with Crippen molar-refractivity contribution in [3.05, 3.63) is 46.5 Å². The lowest BCUT2D eigenvalue weighted by Crippen LogP contribution is -2.36. The van der Waals surface area contributed by atoms with E-state index in [0.717, 1.165) is 23.3 Å². The van der Waals surface area contributed by atoms with Gasteiger partial charge in [-0.2, -0.15) is 0 Å². The maximum absolute atomic E-state index is 4.55. The van der Waals surface area contributed by atoms with Gasteiger partial charge in [0.05, 0.1) is 12.2 Å². The average Bonchev–Trinajstić information content (AvgIpc) is 2.97. The maximum atomic E-state index is 4.55. The average molecular weight is 445 g/mol. The van der Waals surface area contributed by atoms with Crippen molar-refractivity contribution in [3.63, 3.8) is 0 Å². The first kappa shape index (κ1) is 19.7. The van der Waals surface area contributed by atoms with E-state index in [1.807, 2.05) is 19.0 Å². The van der Waals surface area contributed by atoms with Crippen molar-refractivity contribution in [1.82, 2.24) is 15.6 Å². The topological polar surface area (TPSA) is 52.6 Å². The Bertz CT molecular complexity index is 639. The lowest BCUT2D eigenvalue weighted by molar-refractivity contribution is 0.797. The number of rotatable bonds is 5. The van der Waals surface area contributed by atoms with Crippen molar-refractivity contribution in [2.45, 2.75) is 20.0 Å². The van der Waals surface area contributed by atoms with Gasteiger partial charge in [0.25, 0.3) is 0 Å². The highest BCUT2D eigenvalue weighted by molar-refractivity contribution is 14.0. The van der Waals surface area contributed by atoms with Crippen LogP contribution in [0.3, 0.4) is 0 Å². The number of aryl methyl sites for hydroxylation is 1. The van der Waals surface area contributed by atoms with Crippen molar-refractivity contribution in [2.75, 3.05) is 26.0 Å². The van der Waals surface area contributed by atoms with Gasteiger partial charge in [0.2, 0.25) is 0 Å². The molecule has 7 heteroatoms. The van der Waals surface area contributed by atoms with Gasteiger partial charge in [0.15, 0.2) is 11.1 Å². The van der Waals surface area contributed by atoms with E-state index in [9.17, 15) is 0 Å². The molecule has 0 bridgehead atoms. The summed E-state index contributed by atoms with van der Waals surface area (Å²) in [6.07, 6.45) is 0. The number of halogens is 1. The Labute approximate surface area is 159 Å². The zero-order chi connectivity index (χ0) is 15.9. The summed E-state index contributed by atoms with van der Waals surface area (Å²) in [5.41, 5.74) is 3.53. The molecule has 1 heterocycles. The third-order valence-corrected chi connectivity index (χ3v) is 4.18. The smallest absolute Gasteiger partial charge is 0.191 e. The van der Waals surface area contributed by atoms with Crippen LogP contribution >= 0.6 is 35.3 Å². The van der Waals surface area contributed by atoms with E-state index in [1.165, 1.54) is 11.1 Å². The van der Waals surface area contributed by atoms with Gasteiger partial charge in [-0.3, -0.25) is 4.99 Å². The minimum atomic E-state index is 0. The Kier molecular flexibility index (Phi) is 8.32. The molecule has 126 valence electrons. The van der Waals surface area contributed by atoms with Gasteiger partial charge in [-0.05, 0) is 12.5 Å². The Morgan fingerprint density at radius 3 is 2.61 bits per heavy atom. The van der Waals surface area contributed by atoms with Gasteiger partial charge in [-0.1, -0.05) is 29.8 Å². The van der Waals surface area contributed by atoms with E-state index >= 15 is 0 Å². The van der Waals surface area contributed by atoms with E-state index in [4.69, 9.17) is 0 Å². The van der Waals surface area contributed by atoms with Gasteiger partial charge in [0.1, 0.15) is 0 Å².